The second kappa shape index (κ2) is 3.40. The summed E-state index contributed by atoms with van der Waals surface area (Å²) >= 11 is -2.44. The Balaban J connectivity index is 3.53. The average molecular weight is 172 g/mol. The molecule has 0 aliphatic carbocycles. The van der Waals surface area contributed by atoms with Crippen LogP contribution in [-0.4, -0.2) is 15.0 Å². The first kappa shape index (κ1) is 9.22. The van der Waals surface area contributed by atoms with E-state index in [0.717, 1.165) is 0 Å². The molecule has 0 aromatic rings. The van der Waals surface area contributed by atoms with Crippen molar-refractivity contribution in [3.8, 4) is 0 Å². The highest BCUT2D eigenvalue weighted by Crippen LogP contribution is 2.21. The minimum atomic E-state index is -3.22. The zero-order valence-corrected chi connectivity index (χ0v) is 6.15. The molecule has 0 aliphatic rings. The maximum absolute atomic E-state index is 10.3. The third-order valence-corrected chi connectivity index (χ3v) is 1.68. The van der Waals surface area contributed by atoms with E-state index in [-0.39, 0.29) is 0 Å². The van der Waals surface area contributed by atoms with Gasteiger partial charge < -0.3 is 4.55 Å². The largest absolute Gasteiger partial charge is 0.760 e. The monoisotopic (exact) mass is 172 g/mol. The second-order valence-electron chi connectivity index (χ2n) is 1.39. The topological polar surface area (TPSA) is 121 Å². The highest BCUT2D eigenvalue weighted by atomic mass is 32.2. The van der Waals surface area contributed by atoms with Gasteiger partial charge in [0, 0.05) is 11.3 Å². The molecule has 5 N–H and O–H groups in total. The summed E-state index contributed by atoms with van der Waals surface area (Å²) in [7, 11) is -3.22. The van der Waals surface area contributed by atoms with Gasteiger partial charge in [-0.3, -0.25) is 19.8 Å². The molecule has 8 heteroatoms. The van der Waals surface area contributed by atoms with Crippen molar-refractivity contribution in [1.82, 2.24) is 4.72 Å². The van der Waals surface area contributed by atoms with Crippen LogP contribution in [0, 0.1) is 0 Å². The summed E-state index contributed by atoms with van der Waals surface area (Å²) in [5, 5.41) is 0. The lowest BCUT2D eigenvalue weighted by molar-refractivity contribution is 0.525. The predicted octanol–water partition coefficient (Wildman–Crippen LogP) is -1.56. The van der Waals surface area contributed by atoms with Crippen LogP contribution >= 0.6 is 7.44 Å². The lowest BCUT2D eigenvalue weighted by atomic mass is 11.5. The van der Waals surface area contributed by atoms with E-state index in [2.05, 4.69) is 0 Å². The van der Waals surface area contributed by atoms with E-state index in [0.29, 0.717) is 0 Å². The molecule has 0 aliphatic heterocycles. The Morgan fingerprint density at radius 3 is 2.22 bits per heavy atom. The molecule has 0 aromatic heterocycles. The second-order valence-corrected chi connectivity index (χ2v) is 4.17. The Hall–Kier alpha value is 0.220. The van der Waals surface area contributed by atoms with Crippen LogP contribution in [0.1, 0.15) is 0 Å². The molecule has 0 saturated carbocycles. The van der Waals surface area contributed by atoms with Crippen molar-refractivity contribution in [2.24, 2.45) is 11.0 Å². The first-order chi connectivity index (χ1) is 3.92. The Bertz CT molecular complexity index is 153. The van der Waals surface area contributed by atoms with Crippen LogP contribution in [0.4, 0.5) is 0 Å². The van der Waals surface area contributed by atoms with Gasteiger partial charge in [0.05, 0.1) is 6.29 Å². The third-order valence-electron chi connectivity index (χ3n) is 0.430. The van der Waals surface area contributed by atoms with Gasteiger partial charge >= 0.3 is 0 Å². The lowest BCUT2D eigenvalue weighted by Gasteiger charge is -2.08. The zero-order chi connectivity index (χ0) is 7.49. The standard InChI is InChI=1S/CH8N3O3PS/c2-8(3,5)1-4-9(6)7/h4H,1H2,(H,6,7)(H4,2,3,5)/p-1. The molecule has 6 nitrogen and oxygen atoms in total. The molecule has 0 fully saturated rings. The SMILES string of the molecule is NP(N)(=O)CNS(=O)[O-]. The van der Waals surface area contributed by atoms with Crippen LogP contribution in [0.2, 0.25) is 0 Å². The van der Waals surface area contributed by atoms with Gasteiger partial charge in [-0.1, -0.05) is 0 Å². The van der Waals surface area contributed by atoms with E-state index in [9.17, 15) is 13.3 Å². The van der Waals surface area contributed by atoms with Crippen LogP contribution in [0.3, 0.4) is 0 Å². The molecule has 1 atom stereocenters. The van der Waals surface area contributed by atoms with Crippen LogP contribution in [0.15, 0.2) is 0 Å². The Kier molecular flexibility index (Phi) is 3.49. The summed E-state index contributed by atoms with van der Waals surface area (Å²) in [6.45, 7) is 0. The third kappa shape index (κ3) is 8.22. The van der Waals surface area contributed by atoms with Crippen LogP contribution < -0.4 is 15.7 Å². The quantitative estimate of drug-likeness (QED) is 0.351. The van der Waals surface area contributed by atoms with Crippen molar-refractivity contribution >= 4 is 18.7 Å². The smallest absolute Gasteiger partial charge is 0.220 e. The molecule has 0 aromatic carbocycles. The summed E-state index contributed by atoms with van der Waals surface area (Å²) < 4.78 is 31.5. The Morgan fingerprint density at radius 1 is 1.67 bits per heavy atom. The van der Waals surface area contributed by atoms with E-state index in [1.165, 1.54) is 0 Å². The minimum absolute atomic E-state index is 0.400. The van der Waals surface area contributed by atoms with Crippen molar-refractivity contribution in [3.63, 3.8) is 0 Å². The summed E-state index contributed by atoms with van der Waals surface area (Å²) in [5.74, 6) is 0. The van der Waals surface area contributed by atoms with Crippen LogP contribution in [0.25, 0.3) is 0 Å². The van der Waals surface area contributed by atoms with Gasteiger partial charge in [-0.05, 0) is 0 Å². The number of nitrogens with one attached hydrogen (secondary N) is 1. The number of hydrogen-bond donors (Lipinski definition) is 3. The fourth-order valence-corrected chi connectivity index (χ4v) is 1.38. The summed E-state index contributed by atoms with van der Waals surface area (Å²) in [5.41, 5.74) is 9.56. The van der Waals surface area contributed by atoms with Gasteiger partial charge in [-0.25, -0.2) is 4.72 Å². The first-order valence-electron chi connectivity index (χ1n) is 1.91. The fraction of sp³-hybridized carbons (Fsp3) is 1.00. The van der Waals surface area contributed by atoms with Crippen molar-refractivity contribution in [2.45, 2.75) is 0 Å². The minimum Gasteiger partial charge on any atom is -0.760 e. The number of nitrogens with two attached hydrogens (primary N) is 2. The lowest BCUT2D eigenvalue weighted by Crippen LogP contribution is -2.23. The molecule has 56 valence electrons. The molecule has 0 heterocycles. The first-order valence-corrected chi connectivity index (χ1v) is 5.01. The molecule has 0 amide bonds. The number of rotatable bonds is 3. The molecule has 0 saturated heterocycles. The predicted molar refractivity (Wildman–Crippen MR) is 32.9 cm³/mol. The molecule has 1 unspecified atom stereocenters. The fourth-order valence-electron chi connectivity index (χ4n) is 0.154. The van der Waals surface area contributed by atoms with E-state index in [1.807, 2.05) is 0 Å². The maximum atomic E-state index is 10.3. The van der Waals surface area contributed by atoms with Crippen molar-refractivity contribution in [3.05, 3.63) is 0 Å². The van der Waals surface area contributed by atoms with Crippen molar-refractivity contribution in [2.75, 3.05) is 6.29 Å². The summed E-state index contributed by atoms with van der Waals surface area (Å²) in [6.07, 6.45) is -0.400. The molecule has 0 spiro atoms. The molecular weight excluding hydrogens is 165 g/mol. The van der Waals surface area contributed by atoms with Gasteiger partial charge in [0.25, 0.3) is 0 Å². The van der Waals surface area contributed by atoms with Gasteiger partial charge in [0.1, 0.15) is 0 Å². The van der Waals surface area contributed by atoms with E-state index < -0.39 is 25.0 Å². The Morgan fingerprint density at radius 2 is 2.11 bits per heavy atom. The summed E-state index contributed by atoms with van der Waals surface area (Å²) in [6, 6.07) is 0. The van der Waals surface area contributed by atoms with Gasteiger partial charge in [0.15, 0.2) is 0 Å². The summed E-state index contributed by atoms with van der Waals surface area (Å²) in [4.78, 5) is 0. The molecule has 0 bridgehead atoms. The number of hydrogen-bond acceptors (Lipinski definition) is 3. The van der Waals surface area contributed by atoms with E-state index >= 15 is 0 Å². The highest BCUT2D eigenvalue weighted by Gasteiger charge is 2.05. The van der Waals surface area contributed by atoms with Crippen molar-refractivity contribution in [1.29, 1.82) is 0 Å². The average Bonchev–Trinajstić information content (AvgIpc) is 1.59. The van der Waals surface area contributed by atoms with Crippen molar-refractivity contribution < 1.29 is 13.3 Å². The van der Waals surface area contributed by atoms with Gasteiger partial charge in [-0.15, -0.1) is 0 Å². The Labute approximate surface area is 54.9 Å². The van der Waals surface area contributed by atoms with Gasteiger partial charge in [-0.2, -0.15) is 0 Å². The molecule has 0 rings (SSSR count). The van der Waals surface area contributed by atoms with E-state index in [4.69, 9.17) is 11.0 Å². The molecule has 9 heavy (non-hydrogen) atoms. The van der Waals surface area contributed by atoms with E-state index in [1.54, 1.807) is 4.72 Å². The molecule has 0 radical (unpaired) electrons. The highest BCUT2D eigenvalue weighted by molar-refractivity contribution is 7.77. The molecular formula is CH7N3O3PS-. The normalized spacial score (nSPS) is 15.4. The van der Waals surface area contributed by atoms with Gasteiger partial charge in [0.2, 0.25) is 7.44 Å². The zero-order valence-electron chi connectivity index (χ0n) is 4.44. The van der Waals surface area contributed by atoms with Crippen LogP contribution in [0.5, 0.6) is 0 Å². The maximum Gasteiger partial charge on any atom is 0.220 e. The van der Waals surface area contributed by atoms with Crippen LogP contribution in [-0.2, 0) is 15.8 Å².